The Balaban J connectivity index is 3.33. The minimum absolute atomic E-state index is 0.366. The predicted octanol–water partition coefficient (Wildman–Crippen LogP) is 3.53. The second-order valence-electron chi connectivity index (χ2n) is 2.10. The molecule has 12 heavy (non-hydrogen) atoms. The monoisotopic (exact) mass is 220 g/mol. The lowest BCUT2D eigenvalue weighted by Gasteiger charge is -2.03. The molecule has 0 aliphatic heterocycles. The van der Waals surface area contributed by atoms with Gasteiger partial charge in [-0.3, -0.25) is 4.79 Å². The van der Waals surface area contributed by atoms with Crippen LogP contribution in [0.3, 0.4) is 0 Å². The number of carbonyl (C=O) groups is 1. The minimum Gasteiger partial charge on any atom is -0.298 e. The van der Waals surface area contributed by atoms with Crippen molar-refractivity contribution in [3.63, 3.8) is 0 Å². The Morgan fingerprint density at radius 3 is 2.58 bits per heavy atom. The molecule has 4 heteroatoms. The van der Waals surface area contributed by atoms with Gasteiger partial charge in [0.1, 0.15) is 0 Å². The van der Waals surface area contributed by atoms with Crippen LogP contribution in [0.1, 0.15) is 10.4 Å². The van der Waals surface area contributed by atoms with E-state index in [0.29, 0.717) is 21.9 Å². The highest BCUT2D eigenvalue weighted by Gasteiger charge is 2.08. The largest absolute Gasteiger partial charge is 0.298 e. The lowest BCUT2D eigenvalue weighted by Crippen LogP contribution is -1.85. The Morgan fingerprint density at radius 2 is 2.08 bits per heavy atom. The minimum atomic E-state index is 0.366. The van der Waals surface area contributed by atoms with Crippen LogP contribution in [-0.4, -0.2) is 12.5 Å². The highest BCUT2D eigenvalue weighted by molar-refractivity contribution is 7.98. The molecule has 1 rings (SSSR count). The van der Waals surface area contributed by atoms with Crippen molar-refractivity contribution >= 4 is 41.2 Å². The van der Waals surface area contributed by atoms with Crippen LogP contribution in [-0.2, 0) is 0 Å². The van der Waals surface area contributed by atoms with Crippen molar-refractivity contribution < 1.29 is 4.79 Å². The predicted molar refractivity (Wildman–Crippen MR) is 53.6 cm³/mol. The van der Waals surface area contributed by atoms with E-state index in [1.54, 1.807) is 12.1 Å². The molecule has 0 saturated heterocycles. The Labute approximate surface area is 85.1 Å². The molecule has 0 unspecified atom stereocenters. The topological polar surface area (TPSA) is 17.1 Å². The summed E-state index contributed by atoms with van der Waals surface area (Å²) in [6, 6.07) is 3.46. The standard InChI is InChI=1S/C8H6Cl2OS/c1-12-7-3-2-6(9)5(4-11)8(7)10/h2-4H,1H3. The zero-order valence-electron chi connectivity index (χ0n) is 6.30. The van der Waals surface area contributed by atoms with Crippen LogP contribution in [0, 0.1) is 0 Å². The zero-order valence-corrected chi connectivity index (χ0v) is 8.63. The third kappa shape index (κ3) is 1.76. The van der Waals surface area contributed by atoms with Gasteiger partial charge in [-0.15, -0.1) is 11.8 Å². The number of aldehydes is 1. The van der Waals surface area contributed by atoms with E-state index in [-0.39, 0.29) is 0 Å². The van der Waals surface area contributed by atoms with Gasteiger partial charge in [0.25, 0.3) is 0 Å². The van der Waals surface area contributed by atoms with E-state index in [0.717, 1.165) is 4.90 Å². The van der Waals surface area contributed by atoms with Gasteiger partial charge in [-0.2, -0.15) is 0 Å². The van der Waals surface area contributed by atoms with E-state index in [2.05, 4.69) is 0 Å². The molecule has 1 nitrogen and oxygen atoms in total. The van der Waals surface area contributed by atoms with Crippen molar-refractivity contribution in [3.05, 3.63) is 27.7 Å². The van der Waals surface area contributed by atoms with Crippen molar-refractivity contribution in [3.8, 4) is 0 Å². The molecule has 0 radical (unpaired) electrons. The summed E-state index contributed by atoms with van der Waals surface area (Å²) in [5.74, 6) is 0. The molecule has 0 saturated carbocycles. The molecule has 0 fully saturated rings. The lowest BCUT2D eigenvalue weighted by atomic mass is 10.2. The summed E-state index contributed by atoms with van der Waals surface area (Å²) < 4.78 is 0. The molecular formula is C8H6Cl2OS. The zero-order chi connectivity index (χ0) is 9.14. The van der Waals surface area contributed by atoms with E-state index in [9.17, 15) is 4.79 Å². The van der Waals surface area contributed by atoms with Crippen LogP contribution in [0.5, 0.6) is 0 Å². The Morgan fingerprint density at radius 1 is 1.42 bits per heavy atom. The van der Waals surface area contributed by atoms with Gasteiger partial charge in [0.05, 0.1) is 15.6 Å². The van der Waals surface area contributed by atoms with Crippen LogP contribution < -0.4 is 0 Å². The lowest BCUT2D eigenvalue weighted by molar-refractivity contribution is 0.112. The number of rotatable bonds is 2. The van der Waals surface area contributed by atoms with Crippen LogP contribution in [0.4, 0.5) is 0 Å². The van der Waals surface area contributed by atoms with E-state index in [1.165, 1.54) is 11.8 Å². The molecule has 1 aromatic carbocycles. The van der Waals surface area contributed by atoms with Gasteiger partial charge in [0, 0.05) is 4.90 Å². The second-order valence-corrected chi connectivity index (χ2v) is 3.73. The average molecular weight is 221 g/mol. The molecule has 0 atom stereocenters. The van der Waals surface area contributed by atoms with Crippen molar-refractivity contribution in [2.45, 2.75) is 4.90 Å². The highest BCUT2D eigenvalue weighted by atomic mass is 35.5. The summed E-state index contributed by atoms with van der Waals surface area (Å²) in [5.41, 5.74) is 0.366. The molecule has 0 aliphatic rings. The third-order valence-corrected chi connectivity index (χ3v) is 3.06. The maximum Gasteiger partial charge on any atom is 0.153 e. The molecule has 1 aromatic rings. The van der Waals surface area contributed by atoms with Gasteiger partial charge < -0.3 is 0 Å². The molecule has 0 heterocycles. The van der Waals surface area contributed by atoms with Gasteiger partial charge in [-0.05, 0) is 18.4 Å². The number of halogens is 2. The quantitative estimate of drug-likeness (QED) is 0.561. The number of hydrogen-bond donors (Lipinski definition) is 0. The Hall–Kier alpha value is -0.180. The molecule has 0 bridgehead atoms. The van der Waals surface area contributed by atoms with Gasteiger partial charge >= 0.3 is 0 Å². The summed E-state index contributed by atoms with van der Waals surface area (Å²) in [5, 5.41) is 0.831. The van der Waals surface area contributed by atoms with Crippen molar-refractivity contribution in [2.24, 2.45) is 0 Å². The Kier molecular flexibility index (Phi) is 3.44. The fourth-order valence-corrected chi connectivity index (χ4v) is 2.00. The highest BCUT2D eigenvalue weighted by Crippen LogP contribution is 2.31. The second kappa shape index (κ2) is 4.17. The number of benzene rings is 1. The molecule has 0 amide bonds. The smallest absolute Gasteiger partial charge is 0.153 e. The third-order valence-electron chi connectivity index (χ3n) is 1.43. The fraction of sp³-hybridized carbons (Fsp3) is 0.125. The summed E-state index contributed by atoms with van der Waals surface area (Å²) in [6.07, 6.45) is 2.56. The molecule has 0 aliphatic carbocycles. The van der Waals surface area contributed by atoms with E-state index >= 15 is 0 Å². The first kappa shape index (κ1) is 9.90. The maximum atomic E-state index is 10.5. The average Bonchev–Trinajstić information content (AvgIpc) is 2.06. The normalized spacial score (nSPS) is 9.92. The van der Waals surface area contributed by atoms with Gasteiger partial charge in [-0.25, -0.2) is 0 Å². The van der Waals surface area contributed by atoms with Crippen molar-refractivity contribution in [1.82, 2.24) is 0 Å². The van der Waals surface area contributed by atoms with Gasteiger partial charge in [-0.1, -0.05) is 23.2 Å². The van der Waals surface area contributed by atoms with Crippen molar-refractivity contribution in [2.75, 3.05) is 6.26 Å². The summed E-state index contributed by atoms with van der Waals surface area (Å²) >= 11 is 13.1. The fourth-order valence-electron chi connectivity index (χ4n) is 0.815. The van der Waals surface area contributed by atoms with Crippen LogP contribution >= 0.6 is 35.0 Å². The maximum absolute atomic E-state index is 10.5. The van der Waals surface area contributed by atoms with Gasteiger partial charge in [0.15, 0.2) is 6.29 Å². The van der Waals surface area contributed by atoms with Crippen molar-refractivity contribution in [1.29, 1.82) is 0 Å². The molecule has 64 valence electrons. The van der Waals surface area contributed by atoms with Crippen LogP contribution in [0.25, 0.3) is 0 Å². The molecule has 0 N–H and O–H groups in total. The first-order chi connectivity index (χ1) is 5.70. The van der Waals surface area contributed by atoms with E-state index in [4.69, 9.17) is 23.2 Å². The first-order valence-corrected chi connectivity index (χ1v) is 5.16. The summed E-state index contributed by atoms with van der Waals surface area (Å²) in [4.78, 5) is 11.4. The summed E-state index contributed by atoms with van der Waals surface area (Å²) in [6.45, 7) is 0. The van der Waals surface area contributed by atoms with E-state index in [1.807, 2.05) is 6.26 Å². The number of carbonyl (C=O) groups excluding carboxylic acids is 1. The van der Waals surface area contributed by atoms with E-state index < -0.39 is 0 Å². The summed E-state index contributed by atoms with van der Waals surface area (Å²) in [7, 11) is 0. The molecule has 0 aromatic heterocycles. The number of thioether (sulfide) groups is 1. The molecule has 0 spiro atoms. The van der Waals surface area contributed by atoms with Crippen LogP contribution in [0.2, 0.25) is 10.0 Å². The first-order valence-electron chi connectivity index (χ1n) is 3.18. The van der Waals surface area contributed by atoms with Gasteiger partial charge in [0.2, 0.25) is 0 Å². The number of hydrogen-bond acceptors (Lipinski definition) is 2. The Bertz CT molecular complexity index is 312. The molecular weight excluding hydrogens is 215 g/mol. The van der Waals surface area contributed by atoms with Crippen LogP contribution in [0.15, 0.2) is 17.0 Å². The SMILES string of the molecule is CSc1ccc(Cl)c(C=O)c1Cl.